The Bertz CT molecular complexity index is 1090. The van der Waals surface area contributed by atoms with Gasteiger partial charge in [0.1, 0.15) is 17.2 Å². The highest BCUT2D eigenvalue weighted by Gasteiger charge is 2.19. The van der Waals surface area contributed by atoms with E-state index in [0.717, 1.165) is 24.0 Å². The number of hydrogen-bond acceptors (Lipinski definition) is 4. The van der Waals surface area contributed by atoms with E-state index in [1.807, 2.05) is 43.3 Å². The van der Waals surface area contributed by atoms with Crippen LogP contribution in [0.4, 0.5) is 0 Å². The predicted molar refractivity (Wildman–Crippen MR) is 123 cm³/mol. The van der Waals surface area contributed by atoms with E-state index in [9.17, 15) is 9.59 Å². The predicted octanol–water partition coefficient (Wildman–Crippen LogP) is 4.32. The van der Waals surface area contributed by atoms with Gasteiger partial charge in [0.2, 0.25) is 0 Å². The van der Waals surface area contributed by atoms with E-state index in [-0.39, 0.29) is 17.7 Å². The monoisotopic (exact) mass is 430 g/mol. The van der Waals surface area contributed by atoms with Crippen molar-refractivity contribution in [3.05, 3.63) is 89.3 Å². The highest BCUT2D eigenvalue weighted by molar-refractivity contribution is 6.05. The second-order valence-electron chi connectivity index (χ2n) is 7.79. The van der Waals surface area contributed by atoms with Crippen LogP contribution in [-0.4, -0.2) is 31.1 Å². The van der Waals surface area contributed by atoms with Crippen LogP contribution in [0.1, 0.15) is 34.5 Å². The molecule has 0 aliphatic carbocycles. The zero-order chi connectivity index (χ0) is 22.3. The molecule has 1 fully saturated rings. The number of nitrogens with one attached hydrogen (secondary N) is 2. The van der Waals surface area contributed by atoms with Gasteiger partial charge in [-0.05, 0) is 44.0 Å². The summed E-state index contributed by atoms with van der Waals surface area (Å²) in [6.45, 7) is 3.13. The Hall–Kier alpha value is -3.64. The van der Waals surface area contributed by atoms with Crippen LogP contribution in [0.3, 0.4) is 0 Å². The van der Waals surface area contributed by atoms with Gasteiger partial charge in [0.15, 0.2) is 0 Å². The third-order valence-corrected chi connectivity index (χ3v) is 5.29. The van der Waals surface area contributed by atoms with Crippen molar-refractivity contribution >= 4 is 17.9 Å². The maximum atomic E-state index is 12.9. The van der Waals surface area contributed by atoms with Crippen molar-refractivity contribution in [1.82, 2.24) is 10.6 Å². The van der Waals surface area contributed by atoms with Gasteiger partial charge in [-0.15, -0.1) is 0 Å². The molecule has 0 saturated carbocycles. The van der Waals surface area contributed by atoms with Crippen molar-refractivity contribution < 1.29 is 18.7 Å². The number of carbonyl (C=O) groups is 2. The molecule has 1 aromatic heterocycles. The molecule has 0 radical (unpaired) electrons. The van der Waals surface area contributed by atoms with Crippen LogP contribution in [-0.2, 0) is 9.53 Å². The SMILES string of the molecule is Cc1ccc(-c2ccc(/C=C(/NC(=O)c3ccccc3)C(=O)NC[C@H]3CCCO3)o2)cc1. The van der Waals surface area contributed by atoms with E-state index >= 15 is 0 Å². The summed E-state index contributed by atoms with van der Waals surface area (Å²) in [7, 11) is 0. The Morgan fingerprint density at radius 2 is 1.81 bits per heavy atom. The molecule has 6 heteroatoms. The Balaban J connectivity index is 1.54. The van der Waals surface area contributed by atoms with Crippen molar-refractivity contribution in [3.8, 4) is 11.3 Å². The van der Waals surface area contributed by atoms with Gasteiger partial charge in [0, 0.05) is 30.4 Å². The van der Waals surface area contributed by atoms with E-state index in [2.05, 4.69) is 10.6 Å². The first-order valence-electron chi connectivity index (χ1n) is 10.7. The Kier molecular flexibility index (Phi) is 6.82. The lowest BCUT2D eigenvalue weighted by Crippen LogP contribution is -2.38. The number of benzene rings is 2. The summed E-state index contributed by atoms with van der Waals surface area (Å²) < 4.78 is 11.5. The molecule has 6 nitrogen and oxygen atoms in total. The van der Waals surface area contributed by atoms with Crippen molar-refractivity contribution in [2.75, 3.05) is 13.2 Å². The third-order valence-electron chi connectivity index (χ3n) is 5.29. The van der Waals surface area contributed by atoms with E-state index in [1.54, 1.807) is 36.4 Å². The van der Waals surface area contributed by atoms with E-state index in [1.165, 1.54) is 0 Å². The average molecular weight is 431 g/mol. The summed E-state index contributed by atoms with van der Waals surface area (Å²) in [6.07, 6.45) is 3.45. The number of ether oxygens (including phenoxy) is 1. The minimum atomic E-state index is -0.391. The molecule has 0 bridgehead atoms. The standard InChI is InChI=1S/C26H26N2O4/c1-18-9-11-19(12-10-18)24-14-13-21(32-24)16-23(26(30)27-17-22-8-5-15-31-22)28-25(29)20-6-3-2-4-7-20/h2-4,6-7,9-14,16,22H,5,8,15,17H2,1H3,(H,27,30)(H,28,29)/b23-16+/t22-/m1/s1. The molecule has 1 atom stereocenters. The second-order valence-corrected chi connectivity index (χ2v) is 7.79. The topological polar surface area (TPSA) is 80.6 Å². The van der Waals surface area contributed by atoms with Gasteiger partial charge in [-0.1, -0.05) is 48.0 Å². The molecule has 1 aliphatic rings. The first-order chi connectivity index (χ1) is 15.6. The minimum Gasteiger partial charge on any atom is -0.457 e. The summed E-state index contributed by atoms with van der Waals surface area (Å²) in [5.74, 6) is 0.397. The summed E-state index contributed by atoms with van der Waals surface area (Å²) >= 11 is 0. The van der Waals surface area contributed by atoms with Crippen molar-refractivity contribution in [2.45, 2.75) is 25.9 Å². The molecule has 0 unspecified atom stereocenters. The van der Waals surface area contributed by atoms with E-state index < -0.39 is 5.91 Å². The van der Waals surface area contributed by atoms with E-state index in [0.29, 0.717) is 30.2 Å². The molecule has 4 rings (SSSR count). The second kappa shape index (κ2) is 10.1. The Morgan fingerprint density at radius 3 is 2.53 bits per heavy atom. The molecule has 2 N–H and O–H groups in total. The van der Waals surface area contributed by atoms with Crippen molar-refractivity contribution in [3.63, 3.8) is 0 Å². The molecule has 2 aromatic carbocycles. The fourth-order valence-corrected chi connectivity index (χ4v) is 3.50. The van der Waals surface area contributed by atoms with Crippen LogP contribution in [0.2, 0.25) is 0 Å². The molecule has 1 saturated heterocycles. The largest absolute Gasteiger partial charge is 0.457 e. The summed E-state index contributed by atoms with van der Waals surface area (Å²) in [5.41, 5.74) is 2.67. The highest BCUT2D eigenvalue weighted by atomic mass is 16.5. The van der Waals surface area contributed by atoms with Gasteiger partial charge in [0.25, 0.3) is 11.8 Å². The number of furan rings is 1. The van der Waals surface area contributed by atoms with Crippen LogP contribution in [0.5, 0.6) is 0 Å². The summed E-state index contributed by atoms with van der Waals surface area (Å²) in [5, 5.41) is 5.58. The first kappa shape index (κ1) is 21.6. The van der Waals surface area contributed by atoms with Gasteiger partial charge in [-0.25, -0.2) is 0 Å². The van der Waals surface area contributed by atoms with Gasteiger partial charge in [-0.3, -0.25) is 9.59 Å². The highest BCUT2D eigenvalue weighted by Crippen LogP contribution is 2.23. The molecular formula is C26H26N2O4. The Labute approximate surface area is 187 Å². The number of hydrogen-bond donors (Lipinski definition) is 2. The molecule has 0 spiro atoms. The van der Waals surface area contributed by atoms with Gasteiger partial charge >= 0.3 is 0 Å². The molecule has 2 amide bonds. The lowest BCUT2D eigenvalue weighted by molar-refractivity contribution is -0.118. The van der Waals surface area contributed by atoms with Gasteiger partial charge in [-0.2, -0.15) is 0 Å². The first-order valence-corrected chi connectivity index (χ1v) is 10.7. The number of aryl methyl sites for hydroxylation is 1. The zero-order valence-electron chi connectivity index (χ0n) is 18.0. The lowest BCUT2D eigenvalue weighted by Gasteiger charge is -2.13. The number of amides is 2. The van der Waals surface area contributed by atoms with Gasteiger partial charge < -0.3 is 19.8 Å². The number of rotatable bonds is 7. The van der Waals surface area contributed by atoms with Gasteiger partial charge in [0.05, 0.1) is 6.10 Å². The molecule has 1 aliphatic heterocycles. The van der Waals surface area contributed by atoms with Crippen LogP contribution >= 0.6 is 0 Å². The fourth-order valence-electron chi connectivity index (χ4n) is 3.50. The molecule has 2 heterocycles. The van der Waals surface area contributed by atoms with Crippen LogP contribution in [0.15, 0.2) is 76.8 Å². The average Bonchev–Trinajstić information content (AvgIpc) is 3.50. The van der Waals surface area contributed by atoms with Crippen LogP contribution in [0.25, 0.3) is 17.4 Å². The summed E-state index contributed by atoms with van der Waals surface area (Å²) in [6, 6.07) is 20.4. The normalized spacial score (nSPS) is 16.0. The Morgan fingerprint density at radius 1 is 1.03 bits per heavy atom. The molecular weight excluding hydrogens is 404 g/mol. The molecule has 164 valence electrons. The summed E-state index contributed by atoms with van der Waals surface area (Å²) in [4.78, 5) is 25.6. The quantitative estimate of drug-likeness (QED) is 0.547. The smallest absolute Gasteiger partial charge is 0.268 e. The fraction of sp³-hybridized carbons (Fsp3) is 0.231. The minimum absolute atomic E-state index is 0.00165. The van der Waals surface area contributed by atoms with Crippen LogP contribution in [0, 0.1) is 6.92 Å². The third kappa shape index (κ3) is 5.53. The van der Waals surface area contributed by atoms with E-state index in [4.69, 9.17) is 9.15 Å². The molecule has 3 aromatic rings. The zero-order valence-corrected chi connectivity index (χ0v) is 18.0. The number of carbonyl (C=O) groups excluding carboxylic acids is 2. The van der Waals surface area contributed by atoms with Crippen molar-refractivity contribution in [1.29, 1.82) is 0 Å². The maximum absolute atomic E-state index is 12.9. The maximum Gasteiger partial charge on any atom is 0.268 e. The molecule has 32 heavy (non-hydrogen) atoms. The lowest BCUT2D eigenvalue weighted by atomic mass is 10.1. The van der Waals surface area contributed by atoms with Crippen molar-refractivity contribution in [2.24, 2.45) is 0 Å². The van der Waals surface area contributed by atoms with Crippen LogP contribution < -0.4 is 10.6 Å².